The first-order chi connectivity index (χ1) is 9.19. The Kier molecular flexibility index (Phi) is 5.33. The average Bonchev–Trinajstić information content (AvgIpc) is 2.25. The maximum Gasteiger partial charge on any atom is 0.408 e. The van der Waals surface area contributed by atoms with Crippen molar-refractivity contribution >= 4 is 17.7 Å². The summed E-state index contributed by atoms with van der Waals surface area (Å²) < 4.78 is 5.10. The van der Waals surface area contributed by atoms with Crippen LogP contribution in [0.5, 0.6) is 0 Å². The third-order valence-corrected chi connectivity index (χ3v) is 2.65. The highest BCUT2D eigenvalue weighted by molar-refractivity contribution is 6.31. The van der Waals surface area contributed by atoms with Crippen molar-refractivity contribution in [2.24, 2.45) is 0 Å². The molecule has 0 spiro atoms. The highest BCUT2D eigenvalue weighted by Gasteiger charge is 2.25. The molecule has 1 rings (SSSR count). The lowest BCUT2D eigenvalue weighted by Gasteiger charge is -2.22. The lowest BCUT2D eigenvalue weighted by Crippen LogP contribution is -2.37. The fraction of sp³-hybridized carbons (Fsp3) is 0.462. The van der Waals surface area contributed by atoms with E-state index in [1.165, 1.54) is 0 Å². The Bertz CT molecular complexity index is 499. The second kappa shape index (κ2) is 6.56. The number of amides is 1. The number of nitrogens with zero attached hydrogens (tertiary/aromatic N) is 1. The number of halogens is 1. The molecule has 0 aliphatic rings. The van der Waals surface area contributed by atoms with Crippen molar-refractivity contribution in [1.29, 1.82) is 0 Å². The summed E-state index contributed by atoms with van der Waals surface area (Å²) in [5, 5.41) is 13.6. The van der Waals surface area contributed by atoms with Crippen molar-refractivity contribution < 1.29 is 14.5 Å². The number of hydrogen-bond donors (Lipinski definition) is 1. The molecule has 1 aromatic rings. The van der Waals surface area contributed by atoms with Crippen LogP contribution in [0, 0.1) is 10.1 Å². The van der Waals surface area contributed by atoms with Gasteiger partial charge in [0.15, 0.2) is 0 Å². The maximum absolute atomic E-state index is 11.7. The summed E-state index contributed by atoms with van der Waals surface area (Å²) in [4.78, 5) is 22.0. The fourth-order valence-corrected chi connectivity index (χ4v) is 1.85. The molecule has 110 valence electrons. The van der Waals surface area contributed by atoms with Crippen molar-refractivity contribution in [3.8, 4) is 0 Å². The molecule has 0 aliphatic heterocycles. The summed E-state index contributed by atoms with van der Waals surface area (Å²) in [5.41, 5.74) is -0.194. The largest absolute Gasteiger partial charge is 0.444 e. The molecular weight excluding hydrogens is 284 g/mol. The first kappa shape index (κ1) is 16.2. The number of alkyl carbamates (subject to hydrolysis) is 1. The molecule has 1 atom stereocenters. The molecule has 0 radical (unpaired) electrons. The van der Waals surface area contributed by atoms with E-state index in [0.717, 1.165) is 0 Å². The predicted molar refractivity (Wildman–Crippen MR) is 75.4 cm³/mol. The van der Waals surface area contributed by atoms with Gasteiger partial charge in [-0.15, -0.1) is 0 Å². The zero-order valence-corrected chi connectivity index (χ0v) is 12.3. The van der Waals surface area contributed by atoms with Gasteiger partial charge in [-0.1, -0.05) is 29.8 Å². The third kappa shape index (κ3) is 5.44. The lowest BCUT2D eigenvalue weighted by atomic mass is 10.1. The molecule has 20 heavy (non-hydrogen) atoms. The third-order valence-electron chi connectivity index (χ3n) is 2.30. The van der Waals surface area contributed by atoms with Crippen LogP contribution in [0.4, 0.5) is 4.79 Å². The van der Waals surface area contributed by atoms with Crippen LogP contribution < -0.4 is 5.32 Å². The molecule has 0 saturated carbocycles. The summed E-state index contributed by atoms with van der Waals surface area (Å²) >= 11 is 6.00. The first-order valence-corrected chi connectivity index (χ1v) is 6.42. The van der Waals surface area contributed by atoms with E-state index in [1.54, 1.807) is 45.0 Å². The van der Waals surface area contributed by atoms with Crippen LogP contribution >= 0.6 is 11.6 Å². The molecule has 0 unspecified atom stereocenters. The summed E-state index contributed by atoms with van der Waals surface area (Å²) in [6.07, 6.45) is -0.718. The number of rotatable bonds is 4. The molecule has 6 nitrogen and oxygen atoms in total. The average molecular weight is 301 g/mol. The van der Waals surface area contributed by atoms with Crippen molar-refractivity contribution in [3.63, 3.8) is 0 Å². The van der Waals surface area contributed by atoms with E-state index in [1.807, 2.05) is 0 Å². The molecule has 0 aromatic heterocycles. The highest BCUT2D eigenvalue weighted by Crippen LogP contribution is 2.23. The Labute approximate surface area is 122 Å². The summed E-state index contributed by atoms with van der Waals surface area (Å²) in [5.74, 6) is 0. The van der Waals surface area contributed by atoms with E-state index < -0.39 is 29.2 Å². The molecular formula is C13H17ClN2O4. The SMILES string of the molecule is CC(C)(C)OC(=O)N[C@@H](C[N+](=O)[O-])c1ccccc1Cl. The van der Waals surface area contributed by atoms with Crippen LogP contribution in [0.1, 0.15) is 32.4 Å². The molecule has 0 fully saturated rings. The van der Waals surface area contributed by atoms with Gasteiger partial charge >= 0.3 is 6.09 Å². The minimum Gasteiger partial charge on any atom is -0.444 e. The first-order valence-electron chi connectivity index (χ1n) is 6.05. The van der Waals surface area contributed by atoms with E-state index in [0.29, 0.717) is 10.6 Å². The van der Waals surface area contributed by atoms with E-state index in [9.17, 15) is 14.9 Å². The number of carbonyl (C=O) groups is 1. The topological polar surface area (TPSA) is 81.5 Å². The minimum atomic E-state index is -0.839. The van der Waals surface area contributed by atoms with Gasteiger partial charge in [-0.05, 0) is 32.4 Å². The van der Waals surface area contributed by atoms with Gasteiger partial charge in [-0.25, -0.2) is 4.79 Å². The van der Waals surface area contributed by atoms with Crippen LogP contribution in [-0.2, 0) is 4.74 Å². The van der Waals surface area contributed by atoms with Gasteiger partial charge in [0.1, 0.15) is 11.6 Å². The van der Waals surface area contributed by atoms with Crippen LogP contribution in [0.25, 0.3) is 0 Å². The van der Waals surface area contributed by atoms with Crippen molar-refractivity contribution in [1.82, 2.24) is 5.32 Å². The molecule has 1 amide bonds. The molecule has 0 bridgehead atoms. The number of nitrogens with one attached hydrogen (secondary N) is 1. The number of hydrogen-bond acceptors (Lipinski definition) is 4. The van der Waals surface area contributed by atoms with Gasteiger partial charge in [0, 0.05) is 9.95 Å². The number of carbonyl (C=O) groups excluding carboxylic acids is 1. The number of benzene rings is 1. The Morgan fingerprint density at radius 3 is 2.55 bits per heavy atom. The second-order valence-electron chi connectivity index (χ2n) is 5.24. The van der Waals surface area contributed by atoms with E-state index in [-0.39, 0.29) is 0 Å². The van der Waals surface area contributed by atoms with Crippen LogP contribution in [0.15, 0.2) is 24.3 Å². The molecule has 1 N–H and O–H groups in total. The second-order valence-corrected chi connectivity index (χ2v) is 5.64. The van der Waals surface area contributed by atoms with Gasteiger partial charge < -0.3 is 10.1 Å². The summed E-state index contributed by atoms with van der Waals surface area (Å²) in [6, 6.07) is 5.82. The van der Waals surface area contributed by atoms with Crippen molar-refractivity contribution in [3.05, 3.63) is 45.0 Å². The monoisotopic (exact) mass is 300 g/mol. The van der Waals surface area contributed by atoms with E-state index >= 15 is 0 Å². The fourth-order valence-electron chi connectivity index (χ4n) is 1.58. The molecule has 0 saturated heterocycles. The number of nitro groups is 1. The van der Waals surface area contributed by atoms with Crippen LogP contribution in [0.2, 0.25) is 5.02 Å². The Hall–Kier alpha value is -1.82. The molecule has 1 aromatic carbocycles. The van der Waals surface area contributed by atoms with Crippen molar-refractivity contribution in [2.45, 2.75) is 32.4 Å². The standard InChI is InChI=1S/C13H17ClN2O4/c1-13(2,3)20-12(17)15-11(8-16(18)19)9-6-4-5-7-10(9)14/h4-7,11H,8H2,1-3H3,(H,15,17)/t11-/m0/s1. The molecule has 7 heteroatoms. The minimum absolute atomic E-state index is 0.357. The van der Waals surface area contributed by atoms with Crippen LogP contribution in [-0.4, -0.2) is 23.2 Å². The zero-order valence-electron chi connectivity index (χ0n) is 11.6. The van der Waals surface area contributed by atoms with Crippen molar-refractivity contribution in [2.75, 3.05) is 6.54 Å². The van der Waals surface area contributed by atoms with E-state index in [2.05, 4.69) is 5.32 Å². The predicted octanol–water partition coefficient (Wildman–Crippen LogP) is 3.18. The Morgan fingerprint density at radius 2 is 2.05 bits per heavy atom. The summed E-state index contributed by atoms with van der Waals surface area (Å²) in [6.45, 7) is 4.67. The zero-order chi connectivity index (χ0) is 15.3. The number of ether oxygens (including phenoxy) is 1. The normalized spacial score (nSPS) is 12.6. The lowest BCUT2D eigenvalue weighted by molar-refractivity contribution is -0.484. The quantitative estimate of drug-likeness (QED) is 0.684. The highest BCUT2D eigenvalue weighted by atomic mass is 35.5. The smallest absolute Gasteiger partial charge is 0.408 e. The Morgan fingerprint density at radius 1 is 1.45 bits per heavy atom. The maximum atomic E-state index is 11.7. The summed E-state index contributed by atoms with van der Waals surface area (Å²) in [7, 11) is 0. The van der Waals surface area contributed by atoms with Crippen LogP contribution in [0.3, 0.4) is 0 Å². The molecule has 0 aliphatic carbocycles. The van der Waals surface area contributed by atoms with Gasteiger partial charge in [0.25, 0.3) is 0 Å². The molecule has 0 heterocycles. The van der Waals surface area contributed by atoms with Gasteiger partial charge in [-0.3, -0.25) is 10.1 Å². The van der Waals surface area contributed by atoms with E-state index in [4.69, 9.17) is 16.3 Å². The van der Waals surface area contributed by atoms with Gasteiger partial charge in [-0.2, -0.15) is 0 Å². The van der Waals surface area contributed by atoms with Gasteiger partial charge in [0.2, 0.25) is 6.54 Å². The van der Waals surface area contributed by atoms with Gasteiger partial charge in [0.05, 0.1) is 0 Å². The Balaban J connectivity index is 2.88.